The zero-order valence-corrected chi connectivity index (χ0v) is 23.0. The molecule has 212 valence electrons. The molecule has 0 fully saturated rings. The summed E-state index contributed by atoms with van der Waals surface area (Å²) in [4.78, 5) is 0. The van der Waals surface area contributed by atoms with Crippen molar-refractivity contribution in [1.29, 1.82) is 0 Å². The van der Waals surface area contributed by atoms with Gasteiger partial charge in [0.05, 0.1) is 103 Å². The van der Waals surface area contributed by atoms with E-state index in [1.54, 1.807) is 23.6 Å². The van der Waals surface area contributed by atoms with Crippen molar-refractivity contribution in [2.45, 2.75) is 13.1 Å². The predicted octanol–water partition coefficient (Wildman–Crippen LogP) is 1.57. The van der Waals surface area contributed by atoms with Crippen LogP contribution in [0.4, 0.5) is 0 Å². The van der Waals surface area contributed by atoms with Crippen molar-refractivity contribution in [2.24, 2.45) is 0 Å². The third-order valence-electron chi connectivity index (χ3n) is 5.58. The van der Waals surface area contributed by atoms with Gasteiger partial charge in [-0.2, -0.15) is 8.75 Å². The third-order valence-corrected chi connectivity index (χ3v) is 6.11. The zero-order valence-electron chi connectivity index (χ0n) is 22.2. The van der Waals surface area contributed by atoms with Crippen molar-refractivity contribution in [3.8, 4) is 22.5 Å². The van der Waals surface area contributed by atoms with Gasteiger partial charge in [0, 0.05) is 25.3 Å². The third kappa shape index (κ3) is 8.79. The van der Waals surface area contributed by atoms with Crippen molar-refractivity contribution < 1.29 is 28.4 Å². The van der Waals surface area contributed by atoms with E-state index in [0.717, 1.165) is 33.9 Å². The second-order valence-corrected chi connectivity index (χ2v) is 8.82. The van der Waals surface area contributed by atoms with Crippen LogP contribution in [0, 0.1) is 0 Å². The lowest BCUT2D eigenvalue weighted by atomic mass is 10.0. The lowest BCUT2D eigenvalue weighted by Crippen LogP contribution is -2.12. The smallest absolute Gasteiger partial charge is 0.115 e. The summed E-state index contributed by atoms with van der Waals surface area (Å²) in [6, 6.07) is 3.93. The van der Waals surface area contributed by atoms with Gasteiger partial charge in [0.1, 0.15) is 22.4 Å². The van der Waals surface area contributed by atoms with Gasteiger partial charge in [0.15, 0.2) is 0 Å². The fourth-order valence-electron chi connectivity index (χ4n) is 3.59. The summed E-state index contributed by atoms with van der Waals surface area (Å²) in [5.41, 5.74) is 4.65. The first-order valence-electron chi connectivity index (χ1n) is 12.6. The fourth-order valence-corrected chi connectivity index (χ4v) is 4.16. The molecular formula is C24H34N8O6S. The van der Waals surface area contributed by atoms with Gasteiger partial charge in [0.2, 0.25) is 0 Å². The van der Waals surface area contributed by atoms with E-state index in [4.69, 9.17) is 28.4 Å². The molecule has 0 amide bonds. The van der Waals surface area contributed by atoms with Crippen LogP contribution in [0.15, 0.2) is 24.5 Å². The van der Waals surface area contributed by atoms with Crippen LogP contribution in [0.25, 0.3) is 33.5 Å². The van der Waals surface area contributed by atoms with Crippen molar-refractivity contribution in [1.82, 2.24) is 38.7 Å². The Bertz CT molecular complexity index is 1160. The highest BCUT2D eigenvalue weighted by molar-refractivity contribution is 7.00. The normalized spacial score (nSPS) is 11.6. The topological polar surface area (TPSA) is 143 Å². The maximum absolute atomic E-state index is 5.60. The van der Waals surface area contributed by atoms with Crippen LogP contribution in [-0.2, 0) is 41.5 Å². The van der Waals surface area contributed by atoms with E-state index in [0.29, 0.717) is 90.5 Å². The predicted molar refractivity (Wildman–Crippen MR) is 142 cm³/mol. The monoisotopic (exact) mass is 562 g/mol. The molecular weight excluding hydrogens is 528 g/mol. The molecule has 15 heteroatoms. The molecule has 0 bridgehead atoms. The Morgan fingerprint density at radius 2 is 1.00 bits per heavy atom. The van der Waals surface area contributed by atoms with Crippen LogP contribution >= 0.6 is 11.7 Å². The van der Waals surface area contributed by atoms with Gasteiger partial charge in [-0.15, -0.1) is 10.2 Å². The van der Waals surface area contributed by atoms with Gasteiger partial charge in [-0.1, -0.05) is 10.4 Å². The zero-order chi connectivity index (χ0) is 27.1. The number of ether oxygens (including phenoxy) is 6. The van der Waals surface area contributed by atoms with Gasteiger partial charge in [-0.05, 0) is 12.1 Å². The van der Waals surface area contributed by atoms with Crippen LogP contribution in [0.2, 0.25) is 0 Å². The molecule has 0 aliphatic heterocycles. The Balaban J connectivity index is 1.29. The minimum absolute atomic E-state index is 0.506. The van der Waals surface area contributed by atoms with E-state index in [1.165, 1.54) is 0 Å². The molecule has 0 saturated carbocycles. The van der Waals surface area contributed by atoms with Crippen molar-refractivity contribution >= 4 is 22.8 Å². The first kappa shape index (κ1) is 29.1. The lowest BCUT2D eigenvalue weighted by molar-refractivity contribution is 0.0224. The maximum Gasteiger partial charge on any atom is 0.115 e. The summed E-state index contributed by atoms with van der Waals surface area (Å²) < 4.78 is 44.4. The Morgan fingerprint density at radius 1 is 0.590 bits per heavy atom. The standard InChI is InChI=1S/C24H34N8O6S/c1-33-9-11-37-15-13-35-7-5-31-17-21(25-29-31)19-3-4-20(24-23(19)27-39-28-24)22-18-32(30-26-22)6-8-36-14-16-38-12-10-34-2/h3-4,17-18H,5-16H2,1-2H3. The van der Waals surface area contributed by atoms with Crippen LogP contribution in [0.3, 0.4) is 0 Å². The van der Waals surface area contributed by atoms with Gasteiger partial charge in [-0.25, -0.2) is 9.36 Å². The molecule has 1 aromatic carbocycles. The number of hydrogen-bond donors (Lipinski definition) is 0. The first-order chi connectivity index (χ1) is 19.3. The molecule has 0 atom stereocenters. The number of rotatable bonds is 20. The minimum atomic E-state index is 0.506. The molecule has 0 aliphatic carbocycles. The average Bonchev–Trinajstić information content (AvgIpc) is 3.73. The summed E-state index contributed by atoms with van der Waals surface area (Å²) in [6.07, 6.45) is 3.76. The highest BCUT2D eigenvalue weighted by atomic mass is 32.1. The maximum atomic E-state index is 5.60. The van der Waals surface area contributed by atoms with Gasteiger partial charge < -0.3 is 28.4 Å². The van der Waals surface area contributed by atoms with Crippen LogP contribution < -0.4 is 0 Å². The Hall–Kier alpha value is -2.92. The minimum Gasteiger partial charge on any atom is -0.382 e. The number of fused-ring (bicyclic) bond motifs is 1. The second-order valence-electron chi connectivity index (χ2n) is 8.29. The number of hydrogen-bond acceptors (Lipinski definition) is 13. The molecule has 3 heterocycles. The number of nitrogens with zero attached hydrogens (tertiary/aromatic N) is 8. The first-order valence-corrected chi connectivity index (χ1v) is 13.4. The molecule has 0 saturated heterocycles. The van der Waals surface area contributed by atoms with E-state index >= 15 is 0 Å². The highest BCUT2D eigenvalue weighted by Gasteiger charge is 2.17. The SMILES string of the molecule is COCCOCCOCCn1cc(-c2ccc(-c3cn(CCOCCOCCOC)nn3)c3nsnc23)nn1. The van der Waals surface area contributed by atoms with E-state index in [-0.39, 0.29) is 0 Å². The highest BCUT2D eigenvalue weighted by Crippen LogP contribution is 2.32. The van der Waals surface area contributed by atoms with Crippen molar-refractivity contribution in [3.63, 3.8) is 0 Å². The van der Waals surface area contributed by atoms with Crippen LogP contribution in [0.5, 0.6) is 0 Å². The molecule has 0 radical (unpaired) electrons. The Labute approximate surface area is 230 Å². The van der Waals surface area contributed by atoms with E-state index in [9.17, 15) is 0 Å². The summed E-state index contributed by atoms with van der Waals surface area (Å²) in [5.74, 6) is 0. The van der Waals surface area contributed by atoms with Crippen molar-refractivity contribution in [2.75, 3.05) is 80.3 Å². The number of benzene rings is 1. The summed E-state index contributed by atoms with van der Waals surface area (Å²) >= 11 is 1.15. The molecule has 39 heavy (non-hydrogen) atoms. The second kappa shape index (κ2) is 16.2. The van der Waals surface area contributed by atoms with Crippen LogP contribution in [0.1, 0.15) is 0 Å². The molecule has 4 aromatic rings. The number of aromatic nitrogens is 8. The van der Waals surface area contributed by atoms with Gasteiger partial charge in [-0.3, -0.25) is 0 Å². The Kier molecular flexibility index (Phi) is 12.1. The van der Waals surface area contributed by atoms with Crippen LogP contribution in [-0.4, -0.2) is 119 Å². The quantitative estimate of drug-likeness (QED) is 0.144. The lowest BCUT2D eigenvalue weighted by Gasteiger charge is -2.05. The van der Waals surface area contributed by atoms with E-state index in [1.807, 2.05) is 24.5 Å². The molecule has 0 N–H and O–H groups in total. The Morgan fingerprint density at radius 3 is 1.44 bits per heavy atom. The van der Waals surface area contributed by atoms with Gasteiger partial charge in [0.25, 0.3) is 0 Å². The molecule has 14 nitrogen and oxygen atoms in total. The molecule has 4 rings (SSSR count). The largest absolute Gasteiger partial charge is 0.382 e. The molecule has 0 spiro atoms. The average molecular weight is 563 g/mol. The fraction of sp³-hybridized carbons (Fsp3) is 0.583. The molecule has 0 aliphatic rings. The van der Waals surface area contributed by atoms with E-state index in [2.05, 4.69) is 29.4 Å². The molecule has 0 unspecified atom stereocenters. The summed E-state index contributed by atoms with van der Waals surface area (Å²) in [5, 5.41) is 17.1. The van der Waals surface area contributed by atoms with Gasteiger partial charge >= 0.3 is 0 Å². The summed E-state index contributed by atoms with van der Waals surface area (Å²) in [6.45, 7) is 6.53. The molecule has 3 aromatic heterocycles. The summed E-state index contributed by atoms with van der Waals surface area (Å²) in [7, 11) is 3.29. The van der Waals surface area contributed by atoms with Crippen molar-refractivity contribution in [3.05, 3.63) is 24.5 Å². The van der Waals surface area contributed by atoms with E-state index < -0.39 is 0 Å². The number of methoxy groups -OCH3 is 2.